The number of hydrogen-bond donors (Lipinski definition) is 1. The Labute approximate surface area is 169 Å². The molecule has 0 spiro atoms. The molecule has 0 saturated heterocycles. The van der Waals surface area contributed by atoms with E-state index >= 15 is 0 Å². The maximum absolute atomic E-state index is 11.4. The summed E-state index contributed by atoms with van der Waals surface area (Å²) in [4.78, 5) is 11.4. The Bertz CT molecular complexity index is 992. The average Bonchev–Trinajstić information content (AvgIpc) is 2.68. The highest BCUT2D eigenvalue weighted by Crippen LogP contribution is 2.17. The molecule has 2 aromatic carbocycles. The highest BCUT2D eigenvalue weighted by atomic mass is 32.2. The minimum Gasteiger partial charge on any atom is -0.493 e. The van der Waals surface area contributed by atoms with Crippen molar-refractivity contribution >= 4 is 16.1 Å². The molecule has 28 heavy (non-hydrogen) atoms. The Hall–Kier alpha value is -2.58. The number of carboxylic acid groups (broad SMARTS) is 1. The Morgan fingerprint density at radius 2 is 1.68 bits per heavy atom. The summed E-state index contributed by atoms with van der Waals surface area (Å²) in [5, 5.41) is 9.30. The van der Waals surface area contributed by atoms with Gasteiger partial charge in [-0.3, -0.25) is 0 Å². The van der Waals surface area contributed by atoms with Crippen LogP contribution in [0.5, 0.6) is 11.5 Å². The molecular formula is C20H24O7S. The standard InChI is InChI=1S/C20H24O7S/c1-3-25-19(20(21)22)14-16-6-8-17(9-7-16)26-13-12-15-4-10-18(11-5-15)27-28(2,23)24/h4-11,19H,3,12-14H2,1-2H3,(H,21,22)/t19-/m0/s1/i14D2,19D. The highest BCUT2D eigenvalue weighted by molar-refractivity contribution is 7.86. The zero-order valence-corrected chi connectivity index (χ0v) is 16.4. The van der Waals surface area contributed by atoms with Crippen molar-refractivity contribution in [2.24, 2.45) is 0 Å². The van der Waals surface area contributed by atoms with E-state index in [4.69, 9.17) is 17.8 Å². The predicted molar refractivity (Wildman–Crippen MR) is 104 cm³/mol. The van der Waals surface area contributed by atoms with Gasteiger partial charge in [0.15, 0.2) is 6.08 Å². The highest BCUT2D eigenvalue weighted by Gasteiger charge is 2.17. The Morgan fingerprint density at radius 3 is 2.21 bits per heavy atom. The number of benzene rings is 2. The lowest BCUT2D eigenvalue weighted by atomic mass is 10.1. The van der Waals surface area contributed by atoms with E-state index in [0.717, 1.165) is 11.8 Å². The first-order valence-electron chi connectivity index (χ1n) is 9.98. The second-order valence-corrected chi connectivity index (χ2v) is 7.32. The monoisotopic (exact) mass is 411 g/mol. The zero-order chi connectivity index (χ0) is 23.3. The van der Waals surface area contributed by atoms with E-state index in [0.29, 0.717) is 18.8 Å². The third kappa shape index (κ3) is 7.58. The van der Waals surface area contributed by atoms with Crippen molar-refractivity contribution in [3.63, 3.8) is 0 Å². The van der Waals surface area contributed by atoms with Crippen LogP contribution < -0.4 is 8.92 Å². The van der Waals surface area contributed by atoms with Crippen LogP contribution in [0, 0.1) is 0 Å². The molecule has 0 aliphatic carbocycles. The fourth-order valence-electron chi connectivity index (χ4n) is 2.23. The first kappa shape index (κ1) is 17.5. The van der Waals surface area contributed by atoms with Crippen LogP contribution in [0.15, 0.2) is 48.5 Å². The molecule has 7 nitrogen and oxygen atoms in total. The van der Waals surface area contributed by atoms with Crippen molar-refractivity contribution in [3.05, 3.63) is 59.7 Å². The average molecular weight is 411 g/mol. The van der Waals surface area contributed by atoms with Gasteiger partial charge in [-0.2, -0.15) is 8.42 Å². The van der Waals surface area contributed by atoms with Gasteiger partial charge in [-0.25, -0.2) is 4.79 Å². The maximum Gasteiger partial charge on any atom is 0.333 e. The smallest absolute Gasteiger partial charge is 0.333 e. The minimum absolute atomic E-state index is 0.0211. The normalized spacial score (nSPS) is 15.6. The van der Waals surface area contributed by atoms with Crippen LogP contribution in [0.4, 0.5) is 0 Å². The molecule has 1 atom stereocenters. The lowest BCUT2D eigenvalue weighted by Crippen LogP contribution is -2.26. The molecule has 2 rings (SSSR count). The second kappa shape index (κ2) is 10.1. The van der Waals surface area contributed by atoms with Gasteiger partial charge in [-0.05, 0) is 42.3 Å². The number of hydrogen-bond acceptors (Lipinski definition) is 6. The van der Waals surface area contributed by atoms with E-state index < -0.39 is 28.5 Å². The number of aliphatic carboxylic acids is 1. The quantitative estimate of drug-likeness (QED) is 0.568. The van der Waals surface area contributed by atoms with Gasteiger partial charge in [0.2, 0.25) is 0 Å². The third-order valence-electron chi connectivity index (χ3n) is 3.43. The van der Waals surface area contributed by atoms with E-state index in [1.807, 2.05) is 0 Å². The molecule has 1 N–H and O–H groups in total. The van der Waals surface area contributed by atoms with Gasteiger partial charge >= 0.3 is 16.1 Å². The summed E-state index contributed by atoms with van der Waals surface area (Å²) in [6.45, 7) is 1.67. The molecule has 8 heteroatoms. The van der Waals surface area contributed by atoms with Crippen LogP contribution in [0.1, 0.15) is 22.2 Å². The largest absolute Gasteiger partial charge is 0.493 e. The number of carboxylic acids is 1. The van der Waals surface area contributed by atoms with Crippen LogP contribution in [0.3, 0.4) is 0 Å². The van der Waals surface area contributed by atoms with Crippen LogP contribution in [0.25, 0.3) is 0 Å². The minimum atomic E-state index is -3.58. The fourth-order valence-corrected chi connectivity index (χ4v) is 2.70. The number of rotatable bonds is 11. The number of carbonyl (C=O) groups is 1. The van der Waals surface area contributed by atoms with Crippen LogP contribution in [-0.2, 0) is 32.4 Å². The van der Waals surface area contributed by atoms with E-state index in [1.165, 1.54) is 31.2 Å². The molecule has 0 unspecified atom stereocenters. The fraction of sp³-hybridized carbons (Fsp3) is 0.350. The molecule has 152 valence electrons. The molecule has 0 fully saturated rings. The molecule has 0 radical (unpaired) electrons. The predicted octanol–water partition coefficient (Wildman–Crippen LogP) is 2.68. The van der Waals surface area contributed by atoms with Crippen molar-refractivity contribution in [1.29, 1.82) is 0 Å². The van der Waals surface area contributed by atoms with Crippen molar-refractivity contribution in [2.45, 2.75) is 25.8 Å². The number of ether oxygens (including phenoxy) is 2. The summed E-state index contributed by atoms with van der Waals surface area (Å²) in [5.41, 5.74) is 0.873. The van der Waals surface area contributed by atoms with Crippen molar-refractivity contribution in [2.75, 3.05) is 19.5 Å². The summed E-state index contributed by atoms with van der Waals surface area (Å²) in [6, 6.07) is 12.2. The second-order valence-electron chi connectivity index (χ2n) is 5.75. The van der Waals surface area contributed by atoms with Gasteiger partial charge in [-0.1, -0.05) is 24.3 Å². The topological polar surface area (TPSA) is 99.1 Å². The third-order valence-corrected chi connectivity index (χ3v) is 3.92. The van der Waals surface area contributed by atoms with Gasteiger partial charge in [-0.15, -0.1) is 0 Å². The Morgan fingerprint density at radius 1 is 1.11 bits per heavy atom. The van der Waals surface area contributed by atoms with E-state index in [9.17, 15) is 18.3 Å². The van der Waals surface area contributed by atoms with Gasteiger partial charge in [0.1, 0.15) is 11.5 Å². The molecule has 0 aromatic heterocycles. The van der Waals surface area contributed by atoms with E-state index in [2.05, 4.69) is 0 Å². The SMILES string of the molecule is [2H]C([2H])(c1ccc(OCCc2ccc(OS(C)(=O)=O)cc2)cc1)[C@]([2H])(OCC)C(=O)O. The van der Waals surface area contributed by atoms with Crippen molar-refractivity contribution in [3.8, 4) is 11.5 Å². The molecule has 0 aliphatic heterocycles. The Balaban J connectivity index is 1.99. The van der Waals surface area contributed by atoms with Crippen LogP contribution in [-0.4, -0.2) is 45.0 Å². The first-order valence-corrected chi connectivity index (χ1v) is 10.3. The van der Waals surface area contributed by atoms with E-state index in [-0.39, 0.29) is 17.9 Å². The molecule has 2 aromatic rings. The zero-order valence-electron chi connectivity index (χ0n) is 18.5. The molecule has 0 bridgehead atoms. The summed E-state index contributed by atoms with van der Waals surface area (Å²) in [6.07, 6.45) is -3.88. The first-order chi connectivity index (χ1) is 14.4. The van der Waals surface area contributed by atoms with E-state index in [1.54, 1.807) is 24.3 Å². The molecular weight excluding hydrogens is 384 g/mol. The maximum atomic E-state index is 11.4. The molecule has 0 heterocycles. The van der Waals surface area contributed by atoms with Gasteiger partial charge in [0, 0.05) is 22.1 Å². The molecule has 0 saturated carbocycles. The van der Waals surface area contributed by atoms with Crippen molar-refractivity contribution in [1.82, 2.24) is 0 Å². The summed E-state index contributed by atoms with van der Waals surface area (Å²) >= 11 is 0. The van der Waals surface area contributed by atoms with Gasteiger partial charge in [0.25, 0.3) is 0 Å². The molecule has 0 aliphatic rings. The summed E-state index contributed by atoms with van der Waals surface area (Å²) in [7, 11) is -3.58. The van der Waals surface area contributed by atoms with Crippen LogP contribution in [0.2, 0.25) is 0 Å². The Kier molecular flexibility index (Phi) is 6.32. The summed E-state index contributed by atoms with van der Waals surface area (Å²) < 4.78 is 61.8. The van der Waals surface area contributed by atoms with Gasteiger partial charge in [0.05, 0.1) is 14.2 Å². The van der Waals surface area contributed by atoms with Crippen LogP contribution >= 0.6 is 0 Å². The lowest BCUT2D eigenvalue weighted by molar-refractivity contribution is -0.149. The molecule has 0 amide bonds. The lowest BCUT2D eigenvalue weighted by Gasteiger charge is -2.13. The summed E-state index contributed by atoms with van der Waals surface area (Å²) in [5.74, 6) is -1.05. The van der Waals surface area contributed by atoms with Gasteiger partial charge < -0.3 is 18.8 Å². The van der Waals surface area contributed by atoms with Crippen molar-refractivity contribution < 1.29 is 36.1 Å².